The first-order valence-electron chi connectivity index (χ1n) is 17.3. The Kier molecular flexibility index (Phi) is 12.2. The summed E-state index contributed by atoms with van der Waals surface area (Å²) in [5, 5.41) is 12.8. The molecule has 54 heavy (non-hydrogen) atoms. The van der Waals surface area contributed by atoms with Gasteiger partial charge in [-0.3, -0.25) is 10.6 Å². The van der Waals surface area contributed by atoms with Gasteiger partial charge in [0.05, 0.1) is 7.11 Å². The predicted molar refractivity (Wildman–Crippen MR) is 223 cm³/mol. The van der Waals surface area contributed by atoms with E-state index < -0.39 is 17.8 Å². The van der Waals surface area contributed by atoms with Crippen molar-refractivity contribution in [3.05, 3.63) is 138 Å². The summed E-state index contributed by atoms with van der Waals surface area (Å²) in [6.07, 6.45) is -1.06. The van der Waals surface area contributed by atoms with Crippen LogP contribution in [0.25, 0.3) is 11.1 Å². The smallest absolute Gasteiger partial charge is 0.412 e. The molecule has 0 bridgehead atoms. The number of thioether (sulfide) groups is 1. The molecule has 0 saturated heterocycles. The SMILES string of the molecule is COc1ccc(CSC(=NC(=S)Nc2ccc(NC(=O)OCC3c4ccccc4-c4ccccc43)cc2)Nc2ccc(NC(=O)OC(C)(C)C)cc2)cc1. The van der Waals surface area contributed by atoms with Crippen LogP contribution >= 0.6 is 24.0 Å². The van der Waals surface area contributed by atoms with E-state index in [2.05, 4.69) is 50.5 Å². The van der Waals surface area contributed by atoms with Crippen molar-refractivity contribution in [2.45, 2.75) is 38.0 Å². The summed E-state index contributed by atoms with van der Waals surface area (Å²) in [4.78, 5) is 29.7. The summed E-state index contributed by atoms with van der Waals surface area (Å²) in [5.41, 5.74) is 7.74. The molecule has 6 rings (SSSR count). The molecule has 12 heteroatoms. The van der Waals surface area contributed by atoms with Gasteiger partial charge in [-0.15, -0.1) is 0 Å². The number of aliphatic imine (C=N–C) groups is 1. The zero-order valence-corrected chi connectivity index (χ0v) is 32.0. The largest absolute Gasteiger partial charge is 0.497 e. The summed E-state index contributed by atoms with van der Waals surface area (Å²) in [6.45, 7) is 5.66. The van der Waals surface area contributed by atoms with Gasteiger partial charge in [-0.25, -0.2) is 9.59 Å². The number of rotatable bonds is 9. The molecule has 1 aliphatic rings. The molecule has 0 unspecified atom stereocenters. The van der Waals surface area contributed by atoms with Crippen LogP contribution in [0.1, 0.15) is 43.4 Å². The van der Waals surface area contributed by atoms with Crippen molar-refractivity contribution >= 4 is 69.2 Å². The third kappa shape index (κ3) is 10.4. The van der Waals surface area contributed by atoms with Gasteiger partial charge < -0.3 is 24.8 Å². The van der Waals surface area contributed by atoms with Crippen molar-refractivity contribution in [3.63, 3.8) is 0 Å². The van der Waals surface area contributed by atoms with Crippen LogP contribution in [0.5, 0.6) is 5.75 Å². The predicted octanol–water partition coefficient (Wildman–Crippen LogP) is 10.5. The Morgan fingerprint density at radius 3 is 1.72 bits per heavy atom. The van der Waals surface area contributed by atoms with Crippen LogP contribution in [0.15, 0.2) is 126 Å². The van der Waals surface area contributed by atoms with E-state index in [-0.39, 0.29) is 17.6 Å². The molecule has 0 fully saturated rings. The summed E-state index contributed by atoms with van der Waals surface area (Å²) in [6, 6.07) is 38.6. The number of nitrogens with one attached hydrogen (secondary N) is 4. The van der Waals surface area contributed by atoms with Crippen LogP contribution in [0.3, 0.4) is 0 Å². The van der Waals surface area contributed by atoms with E-state index in [0.717, 1.165) is 28.1 Å². The average Bonchev–Trinajstić information content (AvgIpc) is 3.47. The number of methoxy groups -OCH3 is 1. The molecule has 0 heterocycles. The number of benzene rings is 5. The lowest BCUT2D eigenvalue weighted by Gasteiger charge is -2.19. The Morgan fingerprint density at radius 1 is 0.685 bits per heavy atom. The Bertz CT molecular complexity index is 2090. The van der Waals surface area contributed by atoms with Crippen LogP contribution in [0, 0.1) is 0 Å². The molecule has 0 spiro atoms. The molecule has 2 amide bonds. The number of nitrogens with zero attached hydrogens (tertiary/aromatic N) is 1. The molecule has 5 aromatic carbocycles. The van der Waals surface area contributed by atoms with Crippen LogP contribution < -0.4 is 26.0 Å². The molecule has 4 N–H and O–H groups in total. The van der Waals surface area contributed by atoms with Crippen molar-refractivity contribution in [2.75, 3.05) is 35.0 Å². The topological polar surface area (TPSA) is 122 Å². The van der Waals surface area contributed by atoms with Gasteiger partial charge in [0.1, 0.15) is 18.0 Å². The molecule has 0 atom stereocenters. The minimum atomic E-state index is -0.602. The van der Waals surface area contributed by atoms with Gasteiger partial charge in [0.15, 0.2) is 10.3 Å². The van der Waals surface area contributed by atoms with Gasteiger partial charge in [-0.1, -0.05) is 72.4 Å². The summed E-state index contributed by atoms with van der Waals surface area (Å²) in [7, 11) is 1.63. The second kappa shape index (κ2) is 17.3. The molecule has 276 valence electrons. The number of thiocarbonyl (C=S) groups is 1. The highest BCUT2D eigenvalue weighted by molar-refractivity contribution is 8.13. The Morgan fingerprint density at radius 2 is 1.19 bits per heavy atom. The Hall–Kier alpha value is -5.85. The lowest BCUT2D eigenvalue weighted by molar-refractivity contribution is 0.0636. The van der Waals surface area contributed by atoms with E-state index in [1.165, 1.54) is 22.9 Å². The number of hydrogen-bond acceptors (Lipinski definition) is 7. The monoisotopic (exact) mass is 759 g/mol. The van der Waals surface area contributed by atoms with E-state index in [9.17, 15) is 9.59 Å². The quantitative estimate of drug-likeness (QED) is 0.0661. The number of carbonyl (C=O) groups is 2. The molecule has 5 aromatic rings. The summed E-state index contributed by atoms with van der Waals surface area (Å²) >= 11 is 7.11. The van der Waals surface area contributed by atoms with Crippen molar-refractivity contribution in [3.8, 4) is 16.9 Å². The molecule has 0 radical (unpaired) electrons. The highest BCUT2D eigenvalue weighted by Gasteiger charge is 2.29. The molecular weight excluding hydrogens is 719 g/mol. The lowest BCUT2D eigenvalue weighted by Crippen LogP contribution is -2.27. The molecule has 10 nitrogen and oxygen atoms in total. The number of amides is 2. The minimum Gasteiger partial charge on any atom is -0.497 e. The fourth-order valence-electron chi connectivity index (χ4n) is 5.78. The summed E-state index contributed by atoms with van der Waals surface area (Å²) in [5.74, 6) is 1.37. The fraction of sp³-hybridized carbons (Fsp3) is 0.190. The zero-order valence-electron chi connectivity index (χ0n) is 30.3. The maximum absolute atomic E-state index is 12.8. The van der Waals surface area contributed by atoms with Gasteiger partial charge in [-0.2, -0.15) is 4.99 Å². The first kappa shape index (κ1) is 37.9. The number of fused-ring (bicyclic) bond motifs is 3. The van der Waals surface area contributed by atoms with Gasteiger partial charge in [0, 0.05) is 34.4 Å². The Labute approximate surface area is 324 Å². The molecule has 0 aliphatic heterocycles. The number of anilines is 4. The minimum absolute atomic E-state index is 0.0226. The molecule has 0 aromatic heterocycles. The van der Waals surface area contributed by atoms with Gasteiger partial charge in [0.25, 0.3) is 0 Å². The maximum atomic E-state index is 12.8. The van der Waals surface area contributed by atoms with Crippen LogP contribution in [0.4, 0.5) is 32.3 Å². The van der Waals surface area contributed by atoms with Crippen molar-refractivity contribution in [2.24, 2.45) is 4.99 Å². The molecular formula is C42H41N5O5S2. The van der Waals surface area contributed by atoms with Crippen molar-refractivity contribution < 1.29 is 23.8 Å². The van der Waals surface area contributed by atoms with E-state index in [4.69, 9.17) is 26.4 Å². The normalized spacial score (nSPS) is 12.2. The van der Waals surface area contributed by atoms with Gasteiger partial charge >= 0.3 is 12.2 Å². The standard InChI is InChI=1S/C42H41N5O5S2/c1-42(2,3)52-41(49)46-31-21-17-29(18-22-31)44-39(54-26-27-13-23-32(50-4)24-14-27)47-38(53)43-28-15-19-30(20-16-28)45-40(48)51-25-37-35-11-7-5-9-33(35)34-10-6-8-12-36(34)37/h5-24,37H,25-26H2,1-4H3,(H,45,48)(H,46,49)(H2,43,44,47,53). The second-order valence-corrected chi connectivity index (χ2v) is 14.7. The first-order chi connectivity index (χ1) is 26.0. The lowest BCUT2D eigenvalue weighted by atomic mass is 9.98. The first-order valence-corrected chi connectivity index (χ1v) is 18.7. The number of amidine groups is 1. The van der Waals surface area contributed by atoms with Gasteiger partial charge in [0.2, 0.25) is 0 Å². The van der Waals surface area contributed by atoms with Crippen molar-refractivity contribution in [1.82, 2.24) is 0 Å². The third-order valence-electron chi connectivity index (χ3n) is 8.25. The van der Waals surface area contributed by atoms with E-state index in [1.807, 2.05) is 81.4 Å². The second-order valence-electron chi connectivity index (χ2n) is 13.3. The number of carbonyl (C=O) groups excluding carboxylic acids is 2. The highest BCUT2D eigenvalue weighted by atomic mass is 32.2. The molecule has 0 saturated carbocycles. The van der Waals surface area contributed by atoms with Crippen molar-refractivity contribution in [1.29, 1.82) is 0 Å². The fourth-order valence-corrected chi connectivity index (χ4v) is 6.89. The van der Waals surface area contributed by atoms with Crippen LogP contribution in [0.2, 0.25) is 0 Å². The van der Waals surface area contributed by atoms with E-state index in [0.29, 0.717) is 28.0 Å². The van der Waals surface area contributed by atoms with Gasteiger partial charge in [-0.05, 0) is 121 Å². The molecule has 1 aliphatic carbocycles. The van der Waals surface area contributed by atoms with Crippen LogP contribution in [-0.4, -0.2) is 41.8 Å². The third-order valence-corrected chi connectivity index (χ3v) is 9.38. The Balaban J connectivity index is 1.06. The highest BCUT2D eigenvalue weighted by Crippen LogP contribution is 2.44. The number of ether oxygens (including phenoxy) is 3. The maximum Gasteiger partial charge on any atom is 0.412 e. The zero-order chi connectivity index (χ0) is 38.1. The van der Waals surface area contributed by atoms with E-state index in [1.54, 1.807) is 43.5 Å². The van der Waals surface area contributed by atoms with E-state index >= 15 is 0 Å². The summed E-state index contributed by atoms with van der Waals surface area (Å²) < 4.78 is 16.3. The number of hydrogen-bond donors (Lipinski definition) is 4. The average molecular weight is 760 g/mol. The van der Waals surface area contributed by atoms with Crippen LogP contribution in [-0.2, 0) is 15.2 Å².